The average Bonchev–Trinajstić information content (AvgIpc) is 2.67. The number of hydrogen-bond donors (Lipinski definition) is 3. The number of rotatable bonds is 8. The summed E-state index contributed by atoms with van der Waals surface area (Å²) in [4.78, 5) is 24.4. The summed E-state index contributed by atoms with van der Waals surface area (Å²) in [5.74, 6) is -0.0349. The largest absolute Gasteiger partial charge is 0.493 e. The molecule has 0 heterocycles. The highest BCUT2D eigenvalue weighted by atomic mass is 32.2. The van der Waals surface area contributed by atoms with E-state index >= 15 is 0 Å². The molecule has 3 N–H and O–H groups in total. The zero-order valence-electron chi connectivity index (χ0n) is 16.5. The average molecular weight is 421 g/mol. The summed E-state index contributed by atoms with van der Waals surface area (Å²) in [5, 5.41) is 5.12. The van der Waals surface area contributed by atoms with Gasteiger partial charge in [0.1, 0.15) is 0 Å². The van der Waals surface area contributed by atoms with Crippen LogP contribution in [0, 0.1) is 6.92 Å². The SMILES string of the molecule is COc1ccc(C(=O)NCC(=O)Nc2ccc(C)c(NS(C)(=O)=O)c2)cc1OC. The summed E-state index contributed by atoms with van der Waals surface area (Å²) in [5.41, 5.74) is 1.77. The van der Waals surface area contributed by atoms with Crippen LogP contribution in [-0.2, 0) is 14.8 Å². The lowest BCUT2D eigenvalue weighted by Crippen LogP contribution is -2.32. The van der Waals surface area contributed by atoms with Crippen molar-refractivity contribution in [1.82, 2.24) is 5.32 Å². The maximum absolute atomic E-state index is 12.3. The van der Waals surface area contributed by atoms with E-state index in [1.54, 1.807) is 31.2 Å². The van der Waals surface area contributed by atoms with Gasteiger partial charge in [-0.25, -0.2) is 8.42 Å². The number of methoxy groups -OCH3 is 2. The molecular weight excluding hydrogens is 398 g/mol. The molecule has 2 aromatic carbocycles. The normalized spacial score (nSPS) is 10.8. The number of ether oxygens (including phenoxy) is 2. The van der Waals surface area contributed by atoms with Gasteiger partial charge in [-0.15, -0.1) is 0 Å². The number of carbonyl (C=O) groups excluding carboxylic acids is 2. The first-order chi connectivity index (χ1) is 13.6. The fourth-order valence-corrected chi connectivity index (χ4v) is 3.07. The zero-order valence-corrected chi connectivity index (χ0v) is 17.3. The standard InChI is InChI=1S/C19H23N3O6S/c1-12-5-7-14(10-15(12)22-29(4,25)26)21-18(23)11-20-19(24)13-6-8-16(27-2)17(9-13)28-3/h5-10,22H,11H2,1-4H3,(H,20,24)(H,21,23). The van der Waals surface area contributed by atoms with Crippen LogP contribution in [0.5, 0.6) is 11.5 Å². The molecule has 0 aromatic heterocycles. The minimum Gasteiger partial charge on any atom is -0.493 e. The van der Waals surface area contributed by atoms with Crippen molar-refractivity contribution in [3.63, 3.8) is 0 Å². The summed E-state index contributed by atoms with van der Waals surface area (Å²) < 4.78 is 35.5. The van der Waals surface area contributed by atoms with Gasteiger partial charge < -0.3 is 20.1 Å². The summed E-state index contributed by atoms with van der Waals surface area (Å²) in [6.45, 7) is 1.47. The van der Waals surface area contributed by atoms with E-state index < -0.39 is 21.8 Å². The number of amides is 2. The molecule has 0 spiro atoms. The van der Waals surface area contributed by atoms with Crippen molar-refractivity contribution in [1.29, 1.82) is 0 Å². The van der Waals surface area contributed by atoms with Gasteiger partial charge in [0.05, 0.1) is 32.7 Å². The Kier molecular flexibility index (Phi) is 7.05. The molecule has 0 radical (unpaired) electrons. The van der Waals surface area contributed by atoms with Gasteiger partial charge in [0.2, 0.25) is 15.9 Å². The molecule has 0 saturated heterocycles. The van der Waals surface area contributed by atoms with Crippen molar-refractivity contribution in [2.45, 2.75) is 6.92 Å². The summed E-state index contributed by atoms with van der Waals surface area (Å²) in [6, 6.07) is 9.47. The van der Waals surface area contributed by atoms with Crippen LogP contribution in [0.4, 0.5) is 11.4 Å². The lowest BCUT2D eigenvalue weighted by Gasteiger charge is -2.12. The number of sulfonamides is 1. The molecule has 0 atom stereocenters. The van der Waals surface area contributed by atoms with Gasteiger partial charge in [-0.3, -0.25) is 14.3 Å². The Balaban J connectivity index is 1.99. The minimum absolute atomic E-state index is 0.268. The maximum Gasteiger partial charge on any atom is 0.251 e. The quantitative estimate of drug-likeness (QED) is 0.597. The van der Waals surface area contributed by atoms with Gasteiger partial charge in [0.15, 0.2) is 11.5 Å². The number of benzene rings is 2. The third-order valence-corrected chi connectivity index (χ3v) is 4.46. The molecule has 2 amide bonds. The highest BCUT2D eigenvalue weighted by molar-refractivity contribution is 7.92. The maximum atomic E-state index is 12.3. The number of aryl methyl sites for hydroxylation is 1. The van der Waals surface area contributed by atoms with E-state index in [4.69, 9.17) is 9.47 Å². The summed E-state index contributed by atoms with van der Waals surface area (Å²) >= 11 is 0. The summed E-state index contributed by atoms with van der Waals surface area (Å²) in [7, 11) is -0.497. The predicted octanol–water partition coefficient (Wildman–Crippen LogP) is 1.75. The second-order valence-electron chi connectivity index (χ2n) is 6.20. The van der Waals surface area contributed by atoms with E-state index in [2.05, 4.69) is 15.4 Å². The van der Waals surface area contributed by atoms with Crippen LogP contribution >= 0.6 is 0 Å². The molecule has 29 heavy (non-hydrogen) atoms. The molecule has 0 saturated carbocycles. The third kappa shape index (κ3) is 6.39. The Morgan fingerprint density at radius 1 is 1.00 bits per heavy atom. The molecule has 10 heteroatoms. The molecule has 2 rings (SSSR count). The van der Waals surface area contributed by atoms with Gasteiger partial charge in [-0.05, 0) is 42.8 Å². The third-order valence-electron chi connectivity index (χ3n) is 3.87. The molecule has 0 aliphatic rings. The lowest BCUT2D eigenvalue weighted by atomic mass is 10.2. The number of nitrogens with one attached hydrogen (secondary N) is 3. The Bertz CT molecular complexity index is 1020. The first-order valence-electron chi connectivity index (χ1n) is 8.51. The molecule has 0 unspecified atom stereocenters. The van der Waals surface area contributed by atoms with Crippen LogP contribution in [0.15, 0.2) is 36.4 Å². The lowest BCUT2D eigenvalue weighted by molar-refractivity contribution is -0.115. The Morgan fingerprint density at radius 3 is 2.31 bits per heavy atom. The fraction of sp³-hybridized carbons (Fsp3) is 0.263. The second kappa shape index (κ2) is 9.28. The van der Waals surface area contributed by atoms with E-state index in [9.17, 15) is 18.0 Å². The smallest absolute Gasteiger partial charge is 0.251 e. The molecule has 2 aromatic rings. The van der Waals surface area contributed by atoms with Crippen molar-refractivity contribution in [3.05, 3.63) is 47.5 Å². The van der Waals surface area contributed by atoms with Crippen LogP contribution in [0.25, 0.3) is 0 Å². The molecular formula is C19H23N3O6S. The second-order valence-corrected chi connectivity index (χ2v) is 7.95. The molecule has 156 valence electrons. The minimum atomic E-state index is -3.45. The van der Waals surface area contributed by atoms with Crippen LogP contribution in [0.3, 0.4) is 0 Å². The van der Waals surface area contributed by atoms with E-state index in [1.165, 1.54) is 26.4 Å². The van der Waals surface area contributed by atoms with Crippen molar-refractivity contribution in [3.8, 4) is 11.5 Å². The van der Waals surface area contributed by atoms with E-state index in [-0.39, 0.29) is 6.54 Å². The van der Waals surface area contributed by atoms with Crippen LogP contribution in [0.2, 0.25) is 0 Å². The fourth-order valence-electron chi connectivity index (χ4n) is 2.45. The van der Waals surface area contributed by atoms with E-state index in [0.29, 0.717) is 34.0 Å². The first kappa shape index (κ1) is 22.0. The molecule has 0 aliphatic heterocycles. The van der Waals surface area contributed by atoms with Crippen molar-refractivity contribution < 1.29 is 27.5 Å². The number of hydrogen-bond acceptors (Lipinski definition) is 6. The highest BCUT2D eigenvalue weighted by Gasteiger charge is 2.13. The van der Waals surface area contributed by atoms with Gasteiger partial charge in [-0.2, -0.15) is 0 Å². The van der Waals surface area contributed by atoms with Gasteiger partial charge in [0, 0.05) is 11.3 Å². The van der Waals surface area contributed by atoms with Crippen molar-refractivity contribution in [2.75, 3.05) is 37.1 Å². The molecule has 0 fully saturated rings. The monoisotopic (exact) mass is 421 g/mol. The van der Waals surface area contributed by atoms with Crippen LogP contribution in [-0.4, -0.2) is 47.3 Å². The van der Waals surface area contributed by atoms with E-state index in [0.717, 1.165) is 6.26 Å². The topological polar surface area (TPSA) is 123 Å². The van der Waals surface area contributed by atoms with Gasteiger partial charge in [0.25, 0.3) is 5.91 Å². The molecule has 0 aliphatic carbocycles. The van der Waals surface area contributed by atoms with E-state index in [1.807, 2.05) is 0 Å². The predicted molar refractivity (Wildman–Crippen MR) is 110 cm³/mol. The van der Waals surface area contributed by atoms with Crippen LogP contribution in [0.1, 0.15) is 15.9 Å². The number of anilines is 2. The Labute approximate surface area is 169 Å². The molecule has 0 bridgehead atoms. The van der Waals surface area contributed by atoms with Gasteiger partial charge in [-0.1, -0.05) is 6.07 Å². The van der Waals surface area contributed by atoms with Crippen molar-refractivity contribution in [2.24, 2.45) is 0 Å². The first-order valence-corrected chi connectivity index (χ1v) is 10.4. The molecule has 9 nitrogen and oxygen atoms in total. The highest BCUT2D eigenvalue weighted by Crippen LogP contribution is 2.27. The van der Waals surface area contributed by atoms with Crippen LogP contribution < -0.4 is 24.8 Å². The van der Waals surface area contributed by atoms with Gasteiger partial charge >= 0.3 is 0 Å². The Hall–Kier alpha value is -3.27. The number of carbonyl (C=O) groups is 2. The Morgan fingerprint density at radius 2 is 1.69 bits per heavy atom. The summed E-state index contributed by atoms with van der Waals surface area (Å²) in [6.07, 6.45) is 1.04. The van der Waals surface area contributed by atoms with Crippen molar-refractivity contribution >= 4 is 33.2 Å². The zero-order chi connectivity index (χ0) is 21.6.